The quantitative estimate of drug-likeness (QED) is 0.262. The average molecular weight is 465 g/mol. The lowest BCUT2D eigenvalue weighted by Crippen LogP contribution is -2.58. The first kappa shape index (κ1) is 27.9. The summed E-state index contributed by atoms with van der Waals surface area (Å²) < 4.78 is 0. The second kappa shape index (κ2) is 12.8. The molecule has 0 radical (unpaired) electrons. The maximum atomic E-state index is 13.0. The summed E-state index contributed by atoms with van der Waals surface area (Å²) in [6, 6.07) is 2.12. The van der Waals surface area contributed by atoms with Crippen molar-refractivity contribution in [3.8, 4) is 5.75 Å². The lowest BCUT2D eigenvalue weighted by molar-refractivity contribution is -0.142. The number of carboxylic acids is 1. The van der Waals surface area contributed by atoms with Gasteiger partial charge < -0.3 is 31.9 Å². The minimum atomic E-state index is -1.17. The van der Waals surface area contributed by atoms with Crippen LogP contribution < -0.4 is 21.7 Å². The molecule has 1 rings (SSSR count). The minimum absolute atomic E-state index is 0.0234. The number of rotatable bonds is 12. The Hall–Kier alpha value is -3.14. The second-order valence-corrected chi connectivity index (χ2v) is 8.98. The van der Waals surface area contributed by atoms with Crippen LogP contribution in [-0.4, -0.2) is 58.1 Å². The third-order valence-corrected chi connectivity index (χ3v) is 4.99. The van der Waals surface area contributed by atoms with Gasteiger partial charge in [0, 0.05) is 6.42 Å². The highest BCUT2D eigenvalue weighted by molar-refractivity contribution is 5.94. The van der Waals surface area contributed by atoms with Crippen LogP contribution in [0.5, 0.6) is 5.75 Å². The normalized spacial score (nSPS) is 14.8. The van der Waals surface area contributed by atoms with E-state index < -0.39 is 47.9 Å². The number of nitrogens with two attached hydrogens (primary N) is 1. The molecular weight excluding hydrogens is 428 g/mol. The van der Waals surface area contributed by atoms with Crippen molar-refractivity contribution in [2.24, 2.45) is 17.6 Å². The van der Waals surface area contributed by atoms with Gasteiger partial charge >= 0.3 is 5.97 Å². The summed E-state index contributed by atoms with van der Waals surface area (Å²) in [7, 11) is 0. The summed E-state index contributed by atoms with van der Waals surface area (Å²) in [5, 5.41) is 26.7. The van der Waals surface area contributed by atoms with E-state index in [2.05, 4.69) is 16.0 Å². The van der Waals surface area contributed by atoms with Crippen molar-refractivity contribution in [2.45, 2.75) is 71.6 Å². The zero-order valence-corrected chi connectivity index (χ0v) is 19.8. The van der Waals surface area contributed by atoms with Crippen LogP contribution in [0.2, 0.25) is 0 Å². The third kappa shape index (κ3) is 9.48. The summed E-state index contributed by atoms with van der Waals surface area (Å²) in [6.07, 6.45) is 0.276. The maximum Gasteiger partial charge on any atom is 0.326 e. The molecule has 0 fully saturated rings. The molecule has 0 heterocycles. The highest BCUT2D eigenvalue weighted by Crippen LogP contribution is 2.13. The van der Waals surface area contributed by atoms with E-state index in [4.69, 9.17) is 5.73 Å². The molecule has 0 saturated carbocycles. The Balaban J connectivity index is 3.13. The van der Waals surface area contributed by atoms with Crippen molar-refractivity contribution in [2.75, 3.05) is 0 Å². The number of aliphatic carboxylic acids is 1. The summed E-state index contributed by atoms with van der Waals surface area (Å²) in [5.74, 6) is -3.15. The highest BCUT2D eigenvalue weighted by atomic mass is 16.4. The van der Waals surface area contributed by atoms with E-state index in [9.17, 15) is 29.4 Å². The van der Waals surface area contributed by atoms with Gasteiger partial charge in [0.25, 0.3) is 0 Å². The number of hydrogen-bond donors (Lipinski definition) is 6. The van der Waals surface area contributed by atoms with Gasteiger partial charge in [0.15, 0.2) is 0 Å². The van der Waals surface area contributed by atoms with Crippen LogP contribution in [-0.2, 0) is 25.6 Å². The molecule has 7 N–H and O–H groups in total. The van der Waals surface area contributed by atoms with Gasteiger partial charge in [-0.25, -0.2) is 4.79 Å². The van der Waals surface area contributed by atoms with E-state index in [0.717, 1.165) is 0 Å². The molecule has 4 unspecified atom stereocenters. The average Bonchev–Trinajstić information content (AvgIpc) is 2.71. The summed E-state index contributed by atoms with van der Waals surface area (Å²) >= 11 is 0. The Morgan fingerprint density at radius 1 is 0.848 bits per heavy atom. The molecule has 10 nitrogen and oxygen atoms in total. The number of carboxylic acid groups (broad SMARTS) is 1. The molecular formula is C23H36N4O6. The van der Waals surface area contributed by atoms with Crippen LogP contribution in [0.3, 0.4) is 0 Å². The predicted octanol–water partition coefficient (Wildman–Crippen LogP) is 0.523. The number of benzene rings is 1. The van der Waals surface area contributed by atoms with E-state index in [-0.39, 0.29) is 30.4 Å². The smallest absolute Gasteiger partial charge is 0.326 e. The SMILES string of the molecule is CC(C)CC(NC(=O)C(Cc1ccc(O)cc1)NC(=O)C(NC(=O)C(C)N)C(C)C)C(=O)O. The first-order valence-corrected chi connectivity index (χ1v) is 11.0. The van der Waals surface area contributed by atoms with Crippen LogP contribution in [0.15, 0.2) is 24.3 Å². The maximum absolute atomic E-state index is 13.0. The van der Waals surface area contributed by atoms with E-state index in [1.807, 2.05) is 13.8 Å². The monoisotopic (exact) mass is 464 g/mol. The summed E-state index contributed by atoms with van der Waals surface area (Å²) in [4.78, 5) is 49.7. The number of amides is 3. The Morgan fingerprint density at radius 3 is 1.85 bits per heavy atom. The van der Waals surface area contributed by atoms with Crippen molar-refractivity contribution >= 4 is 23.7 Å². The summed E-state index contributed by atoms with van der Waals surface area (Å²) in [5.41, 5.74) is 6.23. The largest absolute Gasteiger partial charge is 0.508 e. The van der Waals surface area contributed by atoms with Gasteiger partial charge in [-0.15, -0.1) is 0 Å². The lowest BCUT2D eigenvalue weighted by atomic mass is 9.99. The van der Waals surface area contributed by atoms with Crippen LogP contribution in [0.1, 0.15) is 46.6 Å². The standard InChI is InChI=1S/C23H36N4O6/c1-12(2)10-18(23(32)33)26-21(30)17(11-15-6-8-16(28)9-7-15)25-22(31)19(13(3)4)27-20(29)14(5)24/h6-9,12-14,17-19,28H,10-11,24H2,1-5H3,(H,25,31)(H,26,30)(H,27,29)(H,32,33). The number of carbonyl (C=O) groups excluding carboxylic acids is 3. The fraction of sp³-hybridized carbons (Fsp3) is 0.565. The Labute approximate surface area is 194 Å². The number of hydrogen-bond acceptors (Lipinski definition) is 6. The minimum Gasteiger partial charge on any atom is -0.508 e. The highest BCUT2D eigenvalue weighted by Gasteiger charge is 2.31. The Morgan fingerprint density at radius 2 is 1.39 bits per heavy atom. The zero-order valence-electron chi connectivity index (χ0n) is 19.8. The molecule has 3 amide bonds. The fourth-order valence-corrected chi connectivity index (χ4v) is 3.12. The van der Waals surface area contributed by atoms with Crippen molar-refractivity contribution in [3.05, 3.63) is 29.8 Å². The molecule has 1 aromatic carbocycles. The van der Waals surface area contributed by atoms with Gasteiger partial charge in [0.1, 0.15) is 23.9 Å². The van der Waals surface area contributed by atoms with Crippen molar-refractivity contribution in [3.63, 3.8) is 0 Å². The predicted molar refractivity (Wildman–Crippen MR) is 123 cm³/mol. The van der Waals surface area contributed by atoms with Gasteiger partial charge in [-0.05, 0) is 42.9 Å². The van der Waals surface area contributed by atoms with E-state index >= 15 is 0 Å². The molecule has 0 aliphatic carbocycles. The number of aromatic hydroxyl groups is 1. The number of nitrogens with one attached hydrogen (secondary N) is 3. The lowest BCUT2D eigenvalue weighted by Gasteiger charge is -2.27. The number of carbonyl (C=O) groups is 4. The van der Waals surface area contributed by atoms with Gasteiger partial charge in [0.2, 0.25) is 17.7 Å². The Bertz CT molecular complexity index is 823. The third-order valence-electron chi connectivity index (χ3n) is 4.99. The fourth-order valence-electron chi connectivity index (χ4n) is 3.12. The van der Waals surface area contributed by atoms with E-state index in [1.54, 1.807) is 26.0 Å². The first-order chi connectivity index (χ1) is 15.3. The summed E-state index contributed by atoms with van der Waals surface area (Å²) in [6.45, 7) is 8.65. The van der Waals surface area contributed by atoms with Crippen molar-refractivity contribution in [1.29, 1.82) is 0 Å². The molecule has 0 spiro atoms. The molecule has 33 heavy (non-hydrogen) atoms. The van der Waals surface area contributed by atoms with Crippen LogP contribution in [0.25, 0.3) is 0 Å². The number of phenolic OH excluding ortho intramolecular Hbond substituents is 1. The zero-order chi connectivity index (χ0) is 25.3. The Kier molecular flexibility index (Phi) is 10.8. The van der Waals surface area contributed by atoms with Crippen LogP contribution in [0, 0.1) is 11.8 Å². The molecule has 184 valence electrons. The van der Waals surface area contributed by atoms with Crippen molar-refractivity contribution < 1.29 is 29.4 Å². The molecule has 0 aliphatic rings. The van der Waals surface area contributed by atoms with E-state index in [1.165, 1.54) is 19.1 Å². The molecule has 10 heteroatoms. The molecule has 1 aromatic rings. The molecule has 0 aromatic heterocycles. The van der Waals surface area contributed by atoms with Crippen molar-refractivity contribution in [1.82, 2.24) is 16.0 Å². The second-order valence-electron chi connectivity index (χ2n) is 8.98. The first-order valence-electron chi connectivity index (χ1n) is 11.0. The van der Waals surface area contributed by atoms with Gasteiger partial charge in [-0.2, -0.15) is 0 Å². The molecule has 4 atom stereocenters. The van der Waals surface area contributed by atoms with Gasteiger partial charge in [-0.3, -0.25) is 14.4 Å². The van der Waals surface area contributed by atoms with Gasteiger partial charge in [0.05, 0.1) is 6.04 Å². The molecule has 0 bridgehead atoms. The van der Waals surface area contributed by atoms with E-state index in [0.29, 0.717) is 5.56 Å². The van der Waals surface area contributed by atoms with Crippen LogP contribution >= 0.6 is 0 Å². The van der Waals surface area contributed by atoms with Gasteiger partial charge in [-0.1, -0.05) is 39.8 Å². The molecule has 0 saturated heterocycles. The molecule has 0 aliphatic heterocycles. The van der Waals surface area contributed by atoms with Crippen LogP contribution in [0.4, 0.5) is 0 Å². The topological polar surface area (TPSA) is 171 Å². The number of phenols is 1.